The molecule has 8 heteroatoms. The number of sulfonamides is 1. The summed E-state index contributed by atoms with van der Waals surface area (Å²) in [6, 6.07) is -0.195. The van der Waals surface area contributed by atoms with Crippen molar-refractivity contribution in [1.29, 1.82) is 0 Å². The number of aromatic amines is 1. The molecule has 2 rings (SSSR count). The third-order valence-corrected chi connectivity index (χ3v) is 5.53. The van der Waals surface area contributed by atoms with Gasteiger partial charge in [-0.3, -0.25) is 5.10 Å². The van der Waals surface area contributed by atoms with E-state index in [1.807, 2.05) is 13.8 Å². The predicted octanol–water partition coefficient (Wildman–Crippen LogP) is 0.398. The van der Waals surface area contributed by atoms with Gasteiger partial charge in [0.05, 0.1) is 19.3 Å². The van der Waals surface area contributed by atoms with E-state index in [-0.39, 0.29) is 23.8 Å². The van der Waals surface area contributed by atoms with E-state index < -0.39 is 10.0 Å². The smallest absolute Gasteiger partial charge is 0.263 e. The van der Waals surface area contributed by atoms with Crippen LogP contribution in [-0.4, -0.2) is 53.3 Å². The molecule has 1 fully saturated rings. The molecule has 0 amide bonds. The second-order valence-electron chi connectivity index (χ2n) is 5.07. The number of aryl methyl sites for hydroxylation is 1. The predicted molar refractivity (Wildman–Crippen MR) is 72.6 cm³/mol. The lowest BCUT2D eigenvalue weighted by molar-refractivity contribution is -0.0231. The Kier molecular flexibility index (Phi) is 4.48. The topological polar surface area (TPSA) is 95.5 Å². The van der Waals surface area contributed by atoms with Gasteiger partial charge in [-0.25, -0.2) is 8.42 Å². The second-order valence-corrected chi connectivity index (χ2v) is 6.88. The Bertz CT molecular complexity index is 569. The third kappa shape index (κ3) is 2.60. The SMILES string of the molecule is CCC1COC(C)CN1S(=O)(=O)c1n[nH]c(C)c1CO. The van der Waals surface area contributed by atoms with Crippen molar-refractivity contribution in [2.45, 2.75) is 51.0 Å². The summed E-state index contributed by atoms with van der Waals surface area (Å²) in [5.74, 6) is 0. The van der Waals surface area contributed by atoms with E-state index in [4.69, 9.17) is 4.74 Å². The van der Waals surface area contributed by atoms with Crippen molar-refractivity contribution in [3.05, 3.63) is 11.3 Å². The summed E-state index contributed by atoms with van der Waals surface area (Å²) in [4.78, 5) is 0. The Balaban J connectivity index is 2.42. The van der Waals surface area contributed by atoms with E-state index in [2.05, 4.69) is 10.2 Å². The highest BCUT2D eigenvalue weighted by Crippen LogP contribution is 2.26. The lowest BCUT2D eigenvalue weighted by Crippen LogP contribution is -2.51. The van der Waals surface area contributed by atoms with Crippen molar-refractivity contribution in [1.82, 2.24) is 14.5 Å². The minimum Gasteiger partial charge on any atom is -0.392 e. The molecule has 2 heterocycles. The van der Waals surface area contributed by atoms with Crippen molar-refractivity contribution >= 4 is 10.0 Å². The number of hydrogen-bond donors (Lipinski definition) is 2. The number of morpholine rings is 1. The van der Waals surface area contributed by atoms with Crippen molar-refractivity contribution in [3.8, 4) is 0 Å². The monoisotopic (exact) mass is 303 g/mol. The average Bonchev–Trinajstić information content (AvgIpc) is 2.80. The number of ether oxygens (including phenoxy) is 1. The van der Waals surface area contributed by atoms with Gasteiger partial charge in [-0.05, 0) is 20.3 Å². The highest BCUT2D eigenvalue weighted by Gasteiger charge is 2.38. The molecule has 114 valence electrons. The van der Waals surface area contributed by atoms with Crippen LogP contribution < -0.4 is 0 Å². The van der Waals surface area contributed by atoms with Gasteiger partial charge < -0.3 is 9.84 Å². The van der Waals surface area contributed by atoms with E-state index in [0.29, 0.717) is 30.8 Å². The summed E-state index contributed by atoms with van der Waals surface area (Å²) in [7, 11) is -3.73. The van der Waals surface area contributed by atoms with Gasteiger partial charge in [0.1, 0.15) is 0 Å². The first kappa shape index (κ1) is 15.4. The first-order chi connectivity index (χ1) is 9.41. The summed E-state index contributed by atoms with van der Waals surface area (Å²) in [5, 5.41) is 15.8. The van der Waals surface area contributed by atoms with E-state index in [0.717, 1.165) is 0 Å². The number of aliphatic hydroxyl groups excluding tert-OH is 1. The summed E-state index contributed by atoms with van der Waals surface area (Å²) < 4.78 is 32.5. The number of nitrogens with zero attached hydrogens (tertiary/aromatic N) is 2. The Morgan fingerprint density at radius 2 is 2.25 bits per heavy atom. The average molecular weight is 303 g/mol. The van der Waals surface area contributed by atoms with Crippen LogP contribution >= 0.6 is 0 Å². The molecule has 20 heavy (non-hydrogen) atoms. The minimum atomic E-state index is -3.73. The first-order valence-electron chi connectivity index (χ1n) is 6.70. The van der Waals surface area contributed by atoms with Gasteiger partial charge in [-0.15, -0.1) is 0 Å². The lowest BCUT2D eigenvalue weighted by atomic mass is 10.2. The summed E-state index contributed by atoms with van der Waals surface area (Å²) in [6.07, 6.45) is 0.522. The van der Waals surface area contributed by atoms with E-state index in [9.17, 15) is 13.5 Å². The molecule has 2 unspecified atom stereocenters. The van der Waals surface area contributed by atoms with Crippen LogP contribution in [0.2, 0.25) is 0 Å². The van der Waals surface area contributed by atoms with E-state index in [1.54, 1.807) is 6.92 Å². The number of aromatic nitrogens is 2. The molecule has 1 aliphatic heterocycles. The summed E-state index contributed by atoms with van der Waals surface area (Å²) >= 11 is 0. The van der Waals surface area contributed by atoms with Crippen molar-refractivity contribution < 1.29 is 18.3 Å². The van der Waals surface area contributed by atoms with Crippen LogP contribution in [0, 0.1) is 6.92 Å². The maximum absolute atomic E-state index is 12.8. The van der Waals surface area contributed by atoms with Gasteiger partial charge in [-0.2, -0.15) is 9.40 Å². The second kappa shape index (κ2) is 5.80. The molecular formula is C12H21N3O4S. The van der Waals surface area contributed by atoms with Gasteiger partial charge >= 0.3 is 0 Å². The van der Waals surface area contributed by atoms with Crippen molar-refractivity contribution in [2.75, 3.05) is 13.2 Å². The van der Waals surface area contributed by atoms with Crippen LogP contribution in [-0.2, 0) is 21.4 Å². The molecule has 0 bridgehead atoms. The zero-order chi connectivity index (χ0) is 14.9. The quantitative estimate of drug-likeness (QED) is 0.839. The van der Waals surface area contributed by atoms with Gasteiger partial charge in [0.15, 0.2) is 5.03 Å². The van der Waals surface area contributed by atoms with Gasteiger partial charge in [-0.1, -0.05) is 6.92 Å². The summed E-state index contributed by atoms with van der Waals surface area (Å²) in [5.41, 5.74) is 0.902. The Hall–Kier alpha value is -0.960. The maximum Gasteiger partial charge on any atom is 0.263 e. The highest BCUT2D eigenvalue weighted by atomic mass is 32.2. The number of aliphatic hydroxyl groups is 1. The molecule has 1 aliphatic rings. The van der Waals surface area contributed by atoms with Gasteiger partial charge in [0.25, 0.3) is 10.0 Å². The minimum absolute atomic E-state index is 0.0787. The standard InChI is InChI=1S/C12H21N3O4S/c1-4-10-7-19-8(2)5-15(10)20(17,18)12-11(6-16)9(3)13-14-12/h8,10,16H,4-7H2,1-3H3,(H,13,14). The molecule has 1 aromatic heterocycles. The van der Waals surface area contributed by atoms with Crippen LogP contribution in [0.4, 0.5) is 0 Å². The van der Waals surface area contributed by atoms with Crippen LogP contribution in [0.1, 0.15) is 31.5 Å². The Morgan fingerprint density at radius 1 is 1.55 bits per heavy atom. The van der Waals surface area contributed by atoms with Crippen LogP contribution in [0.25, 0.3) is 0 Å². The largest absolute Gasteiger partial charge is 0.392 e. The van der Waals surface area contributed by atoms with E-state index in [1.165, 1.54) is 4.31 Å². The fourth-order valence-corrected chi connectivity index (χ4v) is 4.29. The molecule has 0 radical (unpaired) electrons. The fraction of sp³-hybridized carbons (Fsp3) is 0.750. The van der Waals surface area contributed by atoms with Crippen LogP contribution in [0.3, 0.4) is 0 Å². The molecule has 0 spiro atoms. The number of hydrogen-bond acceptors (Lipinski definition) is 5. The molecule has 1 aromatic rings. The van der Waals surface area contributed by atoms with Crippen LogP contribution in [0.5, 0.6) is 0 Å². The van der Waals surface area contributed by atoms with Gasteiger partial charge in [0.2, 0.25) is 0 Å². The van der Waals surface area contributed by atoms with E-state index >= 15 is 0 Å². The molecule has 0 aliphatic carbocycles. The summed E-state index contributed by atoms with van der Waals surface area (Å²) in [6.45, 7) is 5.79. The molecule has 7 nitrogen and oxygen atoms in total. The van der Waals surface area contributed by atoms with Crippen LogP contribution in [0.15, 0.2) is 5.03 Å². The maximum atomic E-state index is 12.8. The fourth-order valence-electron chi connectivity index (χ4n) is 2.37. The zero-order valence-electron chi connectivity index (χ0n) is 12.0. The highest BCUT2D eigenvalue weighted by molar-refractivity contribution is 7.89. The number of H-pyrrole nitrogens is 1. The first-order valence-corrected chi connectivity index (χ1v) is 8.14. The molecular weight excluding hydrogens is 282 g/mol. The van der Waals surface area contributed by atoms with Crippen molar-refractivity contribution in [3.63, 3.8) is 0 Å². The number of nitrogens with one attached hydrogen (secondary N) is 1. The van der Waals surface area contributed by atoms with Gasteiger partial charge in [0, 0.05) is 23.8 Å². The van der Waals surface area contributed by atoms with Crippen molar-refractivity contribution in [2.24, 2.45) is 0 Å². The zero-order valence-corrected chi connectivity index (χ0v) is 12.8. The third-order valence-electron chi connectivity index (χ3n) is 3.64. The molecule has 2 atom stereocenters. The Labute approximate surface area is 119 Å². The Morgan fingerprint density at radius 3 is 2.85 bits per heavy atom. The normalized spacial score (nSPS) is 25.0. The molecule has 0 saturated carbocycles. The lowest BCUT2D eigenvalue weighted by Gasteiger charge is -2.36. The molecule has 2 N–H and O–H groups in total. The molecule has 0 aromatic carbocycles. The number of rotatable bonds is 4. The molecule has 1 saturated heterocycles.